The largest absolute Gasteiger partial charge is 0.397 e. The zero-order chi connectivity index (χ0) is 14.0. The van der Waals surface area contributed by atoms with Gasteiger partial charge in [0.1, 0.15) is 0 Å². The summed E-state index contributed by atoms with van der Waals surface area (Å²) in [5.74, 6) is -0.401. The molecule has 0 saturated heterocycles. The predicted molar refractivity (Wildman–Crippen MR) is 80.3 cm³/mol. The standard InChI is InChI=1S/C13H9Cl3N2O/c14-7-4-5-10(17)11(6-7)18-13(19)8-2-1-3-9(15)12(8)16/h1-6H,17H2,(H,18,19). The lowest BCUT2D eigenvalue weighted by Gasteiger charge is -2.10. The highest BCUT2D eigenvalue weighted by Crippen LogP contribution is 2.28. The maximum absolute atomic E-state index is 12.1. The Kier molecular flexibility index (Phi) is 4.20. The fourth-order valence-corrected chi connectivity index (χ4v) is 2.06. The number of nitrogens with one attached hydrogen (secondary N) is 1. The van der Waals surface area contributed by atoms with E-state index in [9.17, 15) is 4.79 Å². The number of rotatable bonds is 2. The van der Waals surface area contributed by atoms with Crippen LogP contribution >= 0.6 is 34.8 Å². The molecule has 0 heterocycles. The van der Waals surface area contributed by atoms with E-state index in [1.165, 1.54) is 0 Å². The Morgan fingerprint density at radius 3 is 2.58 bits per heavy atom. The molecule has 2 aromatic rings. The molecule has 0 aromatic heterocycles. The Morgan fingerprint density at radius 2 is 1.84 bits per heavy atom. The van der Waals surface area contributed by atoms with Gasteiger partial charge < -0.3 is 11.1 Å². The number of anilines is 2. The Labute approximate surface area is 125 Å². The molecule has 0 fully saturated rings. The third-order valence-corrected chi connectivity index (χ3v) is 3.51. The lowest BCUT2D eigenvalue weighted by molar-refractivity contribution is 0.102. The molecule has 19 heavy (non-hydrogen) atoms. The normalized spacial score (nSPS) is 10.3. The van der Waals surface area contributed by atoms with Crippen LogP contribution in [0.5, 0.6) is 0 Å². The number of nitrogen functional groups attached to an aromatic ring is 1. The topological polar surface area (TPSA) is 55.1 Å². The van der Waals surface area contributed by atoms with E-state index < -0.39 is 5.91 Å². The van der Waals surface area contributed by atoms with E-state index in [1.54, 1.807) is 36.4 Å². The third-order valence-electron chi connectivity index (χ3n) is 2.46. The van der Waals surface area contributed by atoms with Crippen LogP contribution in [0.25, 0.3) is 0 Å². The van der Waals surface area contributed by atoms with E-state index in [4.69, 9.17) is 40.5 Å². The molecule has 3 nitrogen and oxygen atoms in total. The summed E-state index contributed by atoms with van der Waals surface area (Å²) in [5.41, 5.74) is 6.86. The van der Waals surface area contributed by atoms with Crippen molar-refractivity contribution in [3.63, 3.8) is 0 Å². The van der Waals surface area contributed by atoms with Gasteiger partial charge in [-0.05, 0) is 30.3 Å². The van der Waals surface area contributed by atoms with Crippen molar-refractivity contribution in [2.24, 2.45) is 0 Å². The minimum atomic E-state index is -0.401. The third kappa shape index (κ3) is 3.13. The van der Waals surface area contributed by atoms with Gasteiger partial charge in [-0.25, -0.2) is 0 Å². The van der Waals surface area contributed by atoms with E-state index in [-0.39, 0.29) is 10.6 Å². The zero-order valence-electron chi connectivity index (χ0n) is 9.58. The van der Waals surface area contributed by atoms with Gasteiger partial charge >= 0.3 is 0 Å². The van der Waals surface area contributed by atoms with Crippen molar-refractivity contribution < 1.29 is 4.79 Å². The molecule has 2 aromatic carbocycles. The van der Waals surface area contributed by atoms with Gasteiger partial charge in [-0.3, -0.25) is 4.79 Å². The first-order valence-electron chi connectivity index (χ1n) is 5.29. The van der Waals surface area contributed by atoms with Crippen LogP contribution in [-0.4, -0.2) is 5.91 Å². The summed E-state index contributed by atoms with van der Waals surface area (Å²) in [6.45, 7) is 0. The van der Waals surface area contributed by atoms with E-state index in [1.807, 2.05) is 0 Å². The number of carbonyl (C=O) groups is 1. The number of carbonyl (C=O) groups excluding carboxylic acids is 1. The fraction of sp³-hybridized carbons (Fsp3) is 0. The second kappa shape index (κ2) is 5.70. The molecular formula is C13H9Cl3N2O. The van der Waals surface area contributed by atoms with E-state index in [0.717, 1.165) is 0 Å². The molecule has 0 spiro atoms. The maximum Gasteiger partial charge on any atom is 0.257 e. The van der Waals surface area contributed by atoms with Gasteiger partial charge in [0.15, 0.2) is 0 Å². The molecule has 0 radical (unpaired) electrons. The fourth-order valence-electron chi connectivity index (χ4n) is 1.51. The minimum Gasteiger partial charge on any atom is -0.397 e. The molecule has 0 atom stereocenters. The first-order valence-corrected chi connectivity index (χ1v) is 6.43. The molecule has 0 aliphatic heterocycles. The molecule has 2 rings (SSSR count). The summed E-state index contributed by atoms with van der Waals surface area (Å²) in [5, 5.41) is 3.63. The van der Waals surface area contributed by atoms with Crippen molar-refractivity contribution in [2.75, 3.05) is 11.1 Å². The van der Waals surface area contributed by atoms with Crippen LogP contribution in [0.15, 0.2) is 36.4 Å². The summed E-state index contributed by atoms with van der Waals surface area (Å²) >= 11 is 17.7. The Bertz CT molecular complexity index is 644. The Morgan fingerprint density at radius 1 is 1.11 bits per heavy atom. The van der Waals surface area contributed by atoms with Crippen LogP contribution in [0.4, 0.5) is 11.4 Å². The number of amides is 1. The molecule has 0 saturated carbocycles. The van der Waals surface area contributed by atoms with Crippen molar-refractivity contribution in [1.29, 1.82) is 0 Å². The van der Waals surface area contributed by atoms with Gasteiger partial charge in [0, 0.05) is 5.02 Å². The molecule has 0 aliphatic carbocycles. The monoisotopic (exact) mass is 314 g/mol. The van der Waals surface area contributed by atoms with Crippen LogP contribution in [-0.2, 0) is 0 Å². The van der Waals surface area contributed by atoms with Gasteiger partial charge in [-0.2, -0.15) is 0 Å². The van der Waals surface area contributed by atoms with Gasteiger partial charge in [0.05, 0.1) is 27.0 Å². The van der Waals surface area contributed by atoms with Crippen molar-refractivity contribution >= 4 is 52.1 Å². The summed E-state index contributed by atoms with van der Waals surface area (Å²) in [6, 6.07) is 9.63. The second-order valence-electron chi connectivity index (χ2n) is 3.79. The van der Waals surface area contributed by atoms with Crippen LogP contribution in [0.2, 0.25) is 15.1 Å². The van der Waals surface area contributed by atoms with Gasteiger partial charge in [0.25, 0.3) is 5.91 Å². The van der Waals surface area contributed by atoms with E-state index in [0.29, 0.717) is 21.4 Å². The van der Waals surface area contributed by atoms with Crippen molar-refractivity contribution in [3.8, 4) is 0 Å². The summed E-state index contributed by atoms with van der Waals surface area (Å²) in [4.78, 5) is 12.1. The van der Waals surface area contributed by atoms with E-state index >= 15 is 0 Å². The molecule has 3 N–H and O–H groups in total. The maximum atomic E-state index is 12.1. The zero-order valence-corrected chi connectivity index (χ0v) is 11.9. The molecule has 1 amide bonds. The SMILES string of the molecule is Nc1ccc(Cl)cc1NC(=O)c1cccc(Cl)c1Cl. The first kappa shape index (κ1) is 14.0. The van der Waals surface area contributed by atoms with Crippen molar-refractivity contribution in [3.05, 3.63) is 57.0 Å². The number of halogens is 3. The molecular weight excluding hydrogens is 307 g/mol. The number of hydrogen-bond acceptors (Lipinski definition) is 2. The van der Waals surface area contributed by atoms with Crippen molar-refractivity contribution in [2.45, 2.75) is 0 Å². The highest BCUT2D eigenvalue weighted by molar-refractivity contribution is 6.44. The molecule has 6 heteroatoms. The summed E-state index contributed by atoms with van der Waals surface area (Å²) < 4.78 is 0. The molecule has 98 valence electrons. The lowest BCUT2D eigenvalue weighted by atomic mass is 10.2. The average Bonchev–Trinajstić information content (AvgIpc) is 2.37. The Balaban J connectivity index is 2.31. The summed E-state index contributed by atoms with van der Waals surface area (Å²) in [6.07, 6.45) is 0. The first-order chi connectivity index (χ1) is 8.99. The Hall–Kier alpha value is -1.42. The number of nitrogens with two attached hydrogens (primary N) is 1. The minimum absolute atomic E-state index is 0.197. The van der Waals surface area contributed by atoms with Gasteiger partial charge in [-0.15, -0.1) is 0 Å². The van der Waals surface area contributed by atoms with Gasteiger partial charge in [-0.1, -0.05) is 40.9 Å². The highest BCUT2D eigenvalue weighted by Gasteiger charge is 2.13. The summed E-state index contributed by atoms with van der Waals surface area (Å²) in [7, 11) is 0. The number of benzene rings is 2. The molecule has 0 aliphatic rings. The quantitative estimate of drug-likeness (QED) is 0.803. The van der Waals surface area contributed by atoms with Crippen LogP contribution in [0.1, 0.15) is 10.4 Å². The lowest BCUT2D eigenvalue weighted by Crippen LogP contribution is -2.13. The smallest absolute Gasteiger partial charge is 0.257 e. The van der Waals surface area contributed by atoms with Crippen LogP contribution in [0, 0.1) is 0 Å². The van der Waals surface area contributed by atoms with Crippen LogP contribution < -0.4 is 11.1 Å². The molecule has 0 bridgehead atoms. The average molecular weight is 316 g/mol. The van der Waals surface area contributed by atoms with Gasteiger partial charge in [0.2, 0.25) is 0 Å². The van der Waals surface area contributed by atoms with E-state index in [2.05, 4.69) is 5.32 Å². The number of hydrogen-bond donors (Lipinski definition) is 2. The molecule has 0 unspecified atom stereocenters. The predicted octanol–water partition coefficient (Wildman–Crippen LogP) is 4.48. The second-order valence-corrected chi connectivity index (χ2v) is 5.01. The van der Waals surface area contributed by atoms with Crippen LogP contribution in [0.3, 0.4) is 0 Å². The van der Waals surface area contributed by atoms with Crippen molar-refractivity contribution in [1.82, 2.24) is 0 Å². The highest BCUT2D eigenvalue weighted by atomic mass is 35.5.